The van der Waals surface area contributed by atoms with Crippen LogP contribution in [0.25, 0.3) is 0 Å². The van der Waals surface area contributed by atoms with E-state index in [9.17, 15) is 4.79 Å². The average Bonchev–Trinajstić information content (AvgIpc) is 2.33. The van der Waals surface area contributed by atoms with E-state index in [1.54, 1.807) is 0 Å². The van der Waals surface area contributed by atoms with E-state index in [0.29, 0.717) is 0 Å². The average molecular weight is 203 g/mol. The summed E-state index contributed by atoms with van der Waals surface area (Å²) in [4.78, 5) is 13.4. The van der Waals surface area contributed by atoms with Crippen molar-refractivity contribution in [3.8, 4) is 0 Å². The molecule has 1 aromatic rings. The second kappa shape index (κ2) is 5.08. The number of piperidine rings is 1. The van der Waals surface area contributed by atoms with Crippen molar-refractivity contribution in [2.24, 2.45) is 0 Å². The van der Waals surface area contributed by atoms with Gasteiger partial charge >= 0.3 is 0 Å². The quantitative estimate of drug-likeness (QED) is 0.703. The molecule has 0 N–H and O–H groups in total. The van der Waals surface area contributed by atoms with Gasteiger partial charge in [-0.2, -0.15) is 0 Å². The van der Waals surface area contributed by atoms with Gasteiger partial charge in [0.1, 0.15) is 6.29 Å². The van der Waals surface area contributed by atoms with Gasteiger partial charge in [0.15, 0.2) is 0 Å². The van der Waals surface area contributed by atoms with Crippen molar-refractivity contribution in [1.82, 2.24) is 4.90 Å². The lowest BCUT2D eigenvalue weighted by Gasteiger charge is -2.31. The maximum absolute atomic E-state index is 11.2. The van der Waals surface area contributed by atoms with Gasteiger partial charge in [0.25, 0.3) is 0 Å². The second-order valence-electron chi connectivity index (χ2n) is 4.09. The maximum atomic E-state index is 11.2. The number of rotatable bonds is 3. The van der Waals surface area contributed by atoms with Crippen molar-refractivity contribution in [2.45, 2.75) is 25.3 Å². The fourth-order valence-corrected chi connectivity index (χ4v) is 2.22. The first-order valence-electron chi connectivity index (χ1n) is 5.66. The van der Waals surface area contributed by atoms with Crippen molar-refractivity contribution < 1.29 is 4.79 Å². The third-order valence-electron chi connectivity index (χ3n) is 3.05. The molecule has 2 rings (SSSR count). The van der Waals surface area contributed by atoms with Gasteiger partial charge in [0, 0.05) is 0 Å². The summed E-state index contributed by atoms with van der Waals surface area (Å²) >= 11 is 0. The van der Waals surface area contributed by atoms with Crippen LogP contribution in [-0.2, 0) is 4.79 Å². The lowest BCUT2D eigenvalue weighted by molar-refractivity contribution is -0.113. The van der Waals surface area contributed by atoms with E-state index in [0.717, 1.165) is 24.9 Å². The molecular weight excluding hydrogens is 186 g/mol. The topological polar surface area (TPSA) is 20.3 Å². The van der Waals surface area contributed by atoms with Gasteiger partial charge < -0.3 is 4.79 Å². The zero-order valence-corrected chi connectivity index (χ0v) is 8.93. The normalized spacial score (nSPS) is 19.7. The summed E-state index contributed by atoms with van der Waals surface area (Å²) in [6.45, 7) is 2.11. The van der Waals surface area contributed by atoms with Gasteiger partial charge in [-0.05, 0) is 31.5 Å². The molecule has 0 aromatic heterocycles. The van der Waals surface area contributed by atoms with E-state index in [2.05, 4.69) is 4.90 Å². The lowest BCUT2D eigenvalue weighted by Crippen LogP contribution is -2.34. The highest BCUT2D eigenvalue weighted by atomic mass is 16.1. The molecule has 2 nitrogen and oxygen atoms in total. The van der Waals surface area contributed by atoms with E-state index < -0.39 is 0 Å². The molecule has 2 heteroatoms. The summed E-state index contributed by atoms with van der Waals surface area (Å²) in [5.41, 5.74) is 1.12. The molecular formula is C13H17NO. The molecule has 1 aliphatic heterocycles. The van der Waals surface area contributed by atoms with Gasteiger partial charge in [0.05, 0.1) is 6.04 Å². The molecule has 0 saturated carbocycles. The van der Waals surface area contributed by atoms with Crippen molar-refractivity contribution in [3.05, 3.63) is 35.9 Å². The third-order valence-corrected chi connectivity index (χ3v) is 3.05. The van der Waals surface area contributed by atoms with Crippen LogP contribution < -0.4 is 0 Å². The first-order chi connectivity index (χ1) is 7.42. The van der Waals surface area contributed by atoms with Crippen LogP contribution in [0.5, 0.6) is 0 Å². The van der Waals surface area contributed by atoms with E-state index in [1.807, 2.05) is 30.3 Å². The number of benzene rings is 1. The molecule has 1 heterocycles. The molecule has 0 aliphatic carbocycles. The van der Waals surface area contributed by atoms with Gasteiger partial charge in [-0.1, -0.05) is 36.8 Å². The predicted octanol–water partition coefficient (Wildman–Crippen LogP) is 2.41. The van der Waals surface area contributed by atoms with E-state index in [-0.39, 0.29) is 6.04 Å². The molecule has 0 spiro atoms. The van der Waals surface area contributed by atoms with Crippen LogP contribution in [-0.4, -0.2) is 24.3 Å². The van der Waals surface area contributed by atoms with Crippen molar-refractivity contribution in [3.63, 3.8) is 0 Å². The van der Waals surface area contributed by atoms with Crippen LogP contribution in [0.2, 0.25) is 0 Å². The fourth-order valence-electron chi connectivity index (χ4n) is 2.22. The summed E-state index contributed by atoms with van der Waals surface area (Å²) in [5, 5.41) is 0. The summed E-state index contributed by atoms with van der Waals surface area (Å²) in [6.07, 6.45) is 4.81. The zero-order chi connectivity index (χ0) is 10.5. The number of hydrogen-bond acceptors (Lipinski definition) is 2. The van der Waals surface area contributed by atoms with E-state index >= 15 is 0 Å². The second-order valence-corrected chi connectivity index (χ2v) is 4.09. The van der Waals surface area contributed by atoms with Gasteiger partial charge in [-0.15, -0.1) is 0 Å². The smallest absolute Gasteiger partial charge is 0.141 e. The van der Waals surface area contributed by atoms with Crippen LogP contribution in [0.4, 0.5) is 0 Å². The summed E-state index contributed by atoms with van der Waals surface area (Å²) in [6, 6.07) is 10.0. The molecule has 1 saturated heterocycles. The molecule has 15 heavy (non-hydrogen) atoms. The van der Waals surface area contributed by atoms with Crippen molar-refractivity contribution >= 4 is 6.29 Å². The SMILES string of the molecule is O=CC(c1ccccc1)N1CCCCC1. The minimum Gasteiger partial charge on any atom is -0.301 e. The minimum atomic E-state index is -0.0356. The Kier molecular flexibility index (Phi) is 3.51. The Hall–Kier alpha value is -1.15. The molecule has 1 aromatic carbocycles. The van der Waals surface area contributed by atoms with E-state index in [1.165, 1.54) is 19.3 Å². The third kappa shape index (κ3) is 2.45. The van der Waals surface area contributed by atoms with Crippen molar-refractivity contribution in [1.29, 1.82) is 0 Å². The highest BCUT2D eigenvalue weighted by molar-refractivity contribution is 5.61. The number of aldehydes is 1. The molecule has 1 aliphatic rings. The first-order valence-corrected chi connectivity index (χ1v) is 5.66. The Morgan fingerprint density at radius 3 is 2.33 bits per heavy atom. The van der Waals surface area contributed by atoms with Crippen LogP contribution in [0.1, 0.15) is 30.9 Å². The Labute approximate surface area is 90.9 Å². The van der Waals surface area contributed by atoms with E-state index in [4.69, 9.17) is 0 Å². The Balaban J connectivity index is 2.12. The van der Waals surface area contributed by atoms with Gasteiger partial charge in [-0.25, -0.2) is 0 Å². The Morgan fingerprint density at radius 1 is 1.07 bits per heavy atom. The monoisotopic (exact) mass is 203 g/mol. The standard InChI is InChI=1S/C13H17NO/c15-11-13(12-7-3-1-4-8-12)14-9-5-2-6-10-14/h1,3-4,7-8,11,13H,2,5-6,9-10H2. The maximum Gasteiger partial charge on any atom is 0.141 e. The largest absolute Gasteiger partial charge is 0.301 e. The van der Waals surface area contributed by atoms with Crippen LogP contribution in [0, 0.1) is 0 Å². The van der Waals surface area contributed by atoms with Gasteiger partial charge in [-0.3, -0.25) is 4.90 Å². The number of carbonyl (C=O) groups excluding carboxylic acids is 1. The molecule has 1 unspecified atom stereocenters. The lowest BCUT2D eigenvalue weighted by atomic mass is 10.0. The molecule has 0 bridgehead atoms. The molecule has 0 amide bonds. The van der Waals surface area contributed by atoms with Crippen LogP contribution in [0.3, 0.4) is 0 Å². The fraction of sp³-hybridized carbons (Fsp3) is 0.462. The van der Waals surface area contributed by atoms with Crippen molar-refractivity contribution in [2.75, 3.05) is 13.1 Å². The predicted molar refractivity (Wildman–Crippen MR) is 60.7 cm³/mol. The summed E-state index contributed by atoms with van der Waals surface area (Å²) in [7, 11) is 0. The Bertz CT molecular complexity index is 304. The molecule has 1 fully saturated rings. The molecule has 80 valence electrons. The number of hydrogen-bond donors (Lipinski definition) is 0. The number of likely N-dealkylation sites (tertiary alicyclic amines) is 1. The Morgan fingerprint density at radius 2 is 1.73 bits per heavy atom. The number of carbonyl (C=O) groups is 1. The summed E-state index contributed by atoms with van der Waals surface area (Å²) in [5.74, 6) is 0. The van der Waals surface area contributed by atoms with Crippen LogP contribution in [0.15, 0.2) is 30.3 Å². The zero-order valence-electron chi connectivity index (χ0n) is 8.93. The number of nitrogens with zero attached hydrogens (tertiary/aromatic N) is 1. The highest BCUT2D eigenvalue weighted by Crippen LogP contribution is 2.22. The highest BCUT2D eigenvalue weighted by Gasteiger charge is 2.20. The molecule has 1 atom stereocenters. The molecule has 0 radical (unpaired) electrons. The first kappa shape index (κ1) is 10.4. The van der Waals surface area contributed by atoms with Gasteiger partial charge in [0.2, 0.25) is 0 Å². The summed E-state index contributed by atoms with van der Waals surface area (Å²) < 4.78 is 0. The minimum absolute atomic E-state index is 0.0356. The van der Waals surface area contributed by atoms with Crippen LogP contribution >= 0.6 is 0 Å².